The van der Waals surface area contributed by atoms with Crippen molar-refractivity contribution in [1.29, 1.82) is 0 Å². The van der Waals surface area contributed by atoms with Crippen LogP contribution in [0, 0.1) is 0 Å². The number of nitrogens with one attached hydrogen (secondary N) is 2. The fourth-order valence-electron chi connectivity index (χ4n) is 3.12. The molecule has 0 aliphatic carbocycles. The molecule has 0 saturated carbocycles. The molecule has 0 saturated heterocycles. The number of benzene rings is 3. The highest BCUT2D eigenvalue weighted by Gasteiger charge is 2.10. The summed E-state index contributed by atoms with van der Waals surface area (Å²) >= 11 is 0. The normalized spacial score (nSPS) is 11.0. The molecule has 4 rings (SSSR count). The monoisotopic (exact) mass is 394 g/mol. The van der Waals surface area contributed by atoms with Crippen LogP contribution < -0.4 is 5.43 Å². The molecule has 0 bridgehead atoms. The average molecular weight is 394 g/mol. The summed E-state index contributed by atoms with van der Waals surface area (Å²) in [5, 5.41) is 11.1. The Bertz CT molecular complexity index is 1140. The Kier molecular flexibility index (Phi) is 5.80. The minimum Gasteiger partial charge on any atom is -0.272 e. The van der Waals surface area contributed by atoms with E-state index in [0.717, 1.165) is 28.7 Å². The first-order chi connectivity index (χ1) is 14.7. The molecule has 1 amide bonds. The number of aromatic amines is 1. The van der Waals surface area contributed by atoms with Gasteiger partial charge in [-0.3, -0.25) is 9.89 Å². The number of hydrogen-bond acceptors (Lipinski definition) is 3. The summed E-state index contributed by atoms with van der Waals surface area (Å²) in [5.41, 5.74) is 9.01. The van der Waals surface area contributed by atoms with Gasteiger partial charge in [-0.15, -0.1) is 0 Å². The van der Waals surface area contributed by atoms with Crippen LogP contribution in [-0.2, 0) is 6.42 Å². The van der Waals surface area contributed by atoms with E-state index in [2.05, 4.69) is 39.8 Å². The van der Waals surface area contributed by atoms with Crippen molar-refractivity contribution < 1.29 is 4.79 Å². The number of nitrogens with zero attached hydrogens (tertiary/aromatic N) is 2. The van der Waals surface area contributed by atoms with Crippen molar-refractivity contribution in [2.24, 2.45) is 5.10 Å². The maximum absolute atomic E-state index is 12.3. The van der Waals surface area contributed by atoms with Gasteiger partial charge in [0.2, 0.25) is 0 Å². The molecule has 30 heavy (non-hydrogen) atoms. The van der Waals surface area contributed by atoms with Gasteiger partial charge in [0.1, 0.15) is 5.69 Å². The number of hydrazone groups is 1. The topological polar surface area (TPSA) is 70.1 Å². The van der Waals surface area contributed by atoms with Crippen LogP contribution in [0.25, 0.3) is 22.4 Å². The number of amides is 1. The lowest BCUT2D eigenvalue weighted by molar-refractivity contribution is 0.0950. The number of rotatable bonds is 6. The summed E-state index contributed by atoms with van der Waals surface area (Å²) in [6, 6.07) is 28.0. The lowest BCUT2D eigenvalue weighted by Crippen LogP contribution is -2.17. The van der Waals surface area contributed by atoms with Gasteiger partial charge in [0.15, 0.2) is 0 Å². The molecule has 4 aromatic rings. The molecule has 0 aliphatic heterocycles. The third-order valence-electron chi connectivity index (χ3n) is 4.88. The highest BCUT2D eigenvalue weighted by atomic mass is 16.2. The van der Waals surface area contributed by atoms with Crippen LogP contribution in [0.4, 0.5) is 0 Å². The van der Waals surface area contributed by atoms with E-state index in [-0.39, 0.29) is 5.91 Å². The molecule has 1 heterocycles. The summed E-state index contributed by atoms with van der Waals surface area (Å²) in [7, 11) is 0. The number of aryl methyl sites for hydroxylation is 1. The molecule has 0 aliphatic rings. The second-order valence-corrected chi connectivity index (χ2v) is 6.90. The second-order valence-electron chi connectivity index (χ2n) is 6.90. The zero-order valence-electron chi connectivity index (χ0n) is 16.7. The van der Waals surface area contributed by atoms with Crippen LogP contribution in [0.5, 0.6) is 0 Å². The van der Waals surface area contributed by atoms with Crippen molar-refractivity contribution in [2.75, 3.05) is 0 Å². The molecule has 0 atom stereocenters. The van der Waals surface area contributed by atoms with E-state index in [1.54, 1.807) is 12.3 Å². The zero-order valence-corrected chi connectivity index (χ0v) is 16.7. The molecule has 1 aromatic heterocycles. The smallest absolute Gasteiger partial charge is 0.272 e. The Morgan fingerprint density at radius 1 is 0.933 bits per heavy atom. The molecule has 0 radical (unpaired) electrons. The maximum Gasteiger partial charge on any atom is 0.289 e. The summed E-state index contributed by atoms with van der Waals surface area (Å²) < 4.78 is 0. The van der Waals surface area contributed by atoms with E-state index in [1.165, 1.54) is 5.56 Å². The van der Waals surface area contributed by atoms with E-state index in [4.69, 9.17) is 0 Å². The molecule has 0 unspecified atom stereocenters. The predicted molar refractivity (Wildman–Crippen MR) is 120 cm³/mol. The Balaban J connectivity index is 1.40. The lowest BCUT2D eigenvalue weighted by atomic mass is 10.0. The van der Waals surface area contributed by atoms with Crippen LogP contribution in [0.1, 0.15) is 28.5 Å². The molecule has 5 nitrogen and oxygen atoms in total. The van der Waals surface area contributed by atoms with Gasteiger partial charge >= 0.3 is 0 Å². The van der Waals surface area contributed by atoms with E-state index < -0.39 is 0 Å². The molecule has 2 N–H and O–H groups in total. The van der Waals surface area contributed by atoms with Crippen molar-refractivity contribution in [2.45, 2.75) is 13.3 Å². The number of H-pyrrole nitrogens is 1. The van der Waals surface area contributed by atoms with E-state index in [9.17, 15) is 4.79 Å². The number of carbonyl (C=O) groups excluding carboxylic acids is 1. The Morgan fingerprint density at radius 2 is 1.60 bits per heavy atom. The minimum absolute atomic E-state index is 0.337. The van der Waals surface area contributed by atoms with Crippen molar-refractivity contribution >= 4 is 12.1 Å². The van der Waals surface area contributed by atoms with Crippen molar-refractivity contribution in [1.82, 2.24) is 15.6 Å². The Morgan fingerprint density at radius 3 is 2.30 bits per heavy atom. The van der Waals surface area contributed by atoms with E-state index in [1.807, 2.05) is 66.7 Å². The van der Waals surface area contributed by atoms with Crippen LogP contribution in [-0.4, -0.2) is 22.3 Å². The van der Waals surface area contributed by atoms with Gasteiger partial charge in [-0.1, -0.05) is 85.8 Å². The molecule has 148 valence electrons. The number of aromatic nitrogens is 2. The lowest BCUT2D eigenvalue weighted by Gasteiger charge is -2.02. The first-order valence-electron chi connectivity index (χ1n) is 9.86. The first-order valence-corrected chi connectivity index (χ1v) is 9.86. The van der Waals surface area contributed by atoms with Crippen LogP contribution >= 0.6 is 0 Å². The summed E-state index contributed by atoms with van der Waals surface area (Å²) in [5.74, 6) is -0.337. The van der Waals surface area contributed by atoms with Crippen molar-refractivity contribution in [3.63, 3.8) is 0 Å². The second kappa shape index (κ2) is 9.01. The molecule has 0 spiro atoms. The predicted octanol–water partition coefficient (Wildman–Crippen LogP) is 5.07. The van der Waals surface area contributed by atoms with Crippen LogP contribution in [0.2, 0.25) is 0 Å². The highest BCUT2D eigenvalue weighted by Crippen LogP contribution is 2.24. The molecule has 0 fully saturated rings. The number of hydrogen-bond donors (Lipinski definition) is 2. The third kappa shape index (κ3) is 4.52. The SMILES string of the molecule is CCc1ccc(/C=N/NC(=O)c2cc(-c3ccc(-c4ccccc4)cc3)n[nH]2)cc1. The van der Waals surface area contributed by atoms with Gasteiger partial charge < -0.3 is 0 Å². The van der Waals surface area contributed by atoms with Crippen molar-refractivity contribution in [3.05, 3.63) is 102 Å². The third-order valence-corrected chi connectivity index (χ3v) is 4.88. The highest BCUT2D eigenvalue weighted by molar-refractivity contribution is 5.94. The zero-order chi connectivity index (χ0) is 20.8. The van der Waals surface area contributed by atoms with Crippen LogP contribution in [0.15, 0.2) is 90.0 Å². The molecular weight excluding hydrogens is 372 g/mol. The van der Waals surface area contributed by atoms with E-state index >= 15 is 0 Å². The Labute approximate surface area is 175 Å². The number of carbonyl (C=O) groups is 1. The summed E-state index contributed by atoms with van der Waals surface area (Å²) in [6.45, 7) is 2.11. The van der Waals surface area contributed by atoms with Gasteiger partial charge in [0.25, 0.3) is 5.91 Å². The van der Waals surface area contributed by atoms with Gasteiger partial charge in [-0.25, -0.2) is 5.43 Å². The fraction of sp³-hybridized carbons (Fsp3) is 0.0800. The quantitative estimate of drug-likeness (QED) is 0.354. The van der Waals surface area contributed by atoms with Gasteiger partial charge in [-0.2, -0.15) is 10.2 Å². The standard InChI is InChI=1S/C25H22N4O/c1-2-18-8-10-19(11-9-18)17-26-29-25(30)24-16-23(27-28-24)22-14-12-21(13-15-22)20-6-4-3-5-7-20/h3-17H,2H2,1H3,(H,27,28)(H,29,30)/b26-17+. The largest absolute Gasteiger partial charge is 0.289 e. The Hall–Kier alpha value is -3.99. The van der Waals surface area contributed by atoms with Gasteiger partial charge in [0.05, 0.1) is 11.9 Å². The van der Waals surface area contributed by atoms with Gasteiger partial charge in [-0.05, 0) is 34.7 Å². The van der Waals surface area contributed by atoms with Crippen LogP contribution in [0.3, 0.4) is 0 Å². The van der Waals surface area contributed by atoms with Gasteiger partial charge in [0, 0.05) is 5.56 Å². The minimum atomic E-state index is -0.337. The summed E-state index contributed by atoms with van der Waals surface area (Å²) in [4.78, 5) is 12.3. The summed E-state index contributed by atoms with van der Waals surface area (Å²) in [6.07, 6.45) is 2.61. The maximum atomic E-state index is 12.3. The average Bonchev–Trinajstić information content (AvgIpc) is 3.31. The first kappa shape index (κ1) is 19.3. The molecule has 3 aromatic carbocycles. The van der Waals surface area contributed by atoms with E-state index in [0.29, 0.717) is 11.4 Å². The molecular formula is C25H22N4O. The fourth-order valence-corrected chi connectivity index (χ4v) is 3.12. The van der Waals surface area contributed by atoms with Crippen molar-refractivity contribution in [3.8, 4) is 22.4 Å². The molecule has 5 heteroatoms.